The van der Waals surface area contributed by atoms with E-state index in [1.54, 1.807) is 14.2 Å². The van der Waals surface area contributed by atoms with Gasteiger partial charge in [-0.1, -0.05) is 6.92 Å². The van der Waals surface area contributed by atoms with E-state index in [-0.39, 0.29) is 0 Å². The molecule has 0 aliphatic carbocycles. The molecule has 1 aliphatic rings. The van der Waals surface area contributed by atoms with Gasteiger partial charge >= 0.3 is 8.43 Å². The molecule has 4 nitrogen and oxygen atoms in total. The van der Waals surface area contributed by atoms with E-state index < -0.39 is 16.9 Å². The van der Waals surface area contributed by atoms with E-state index in [9.17, 15) is 0 Å². The van der Waals surface area contributed by atoms with Gasteiger partial charge in [-0.2, -0.15) is 0 Å². The summed E-state index contributed by atoms with van der Waals surface area (Å²) in [5, 5.41) is 0.578. The number of nitrogens with zero attached hydrogens (tertiary/aromatic N) is 1. The van der Waals surface area contributed by atoms with Crippen LogP contribution in [0.1, 0.15) is 19.8 Å². The molecule has 1 aliphatic heterocycles. The van der Waals surface area contributed by atoms with Crippen LogP contribution in [0.4, 0.5) is 0 Å². The molecule has 1 saturated heterocycles. The summed E-state index contributed by atoms with van der Waals surface area (Å²) in [6.07, 6.45) is 2.47. The van der Waals surface area contributed by atoms with Crippen molar-refractivity contribution in [1.29, 1.82) is 0 Å². The third-order valence-electron chi connectivity index (χ3n) is 3.61. The van der Waals surface area contributed by atoms with Crippen molar-refractivity contribution in [1.82, 2.24) is 4.57 Å². The van der Waals surface area contributed by atoms with Gasteiger partial charge in [0.25, 0.3) is 8.48 Å². The molecule has 18 heavy (non-hydrogen) atoms. The number of hydrogen-bond donors (Lipinski definition) is 0. The van der Waals surface area contributed by atoms with Gasteiger partial charge in [0.1, 0.15) is 0 Å². The fourth-order valence-electron chi connectivity index (χ4n) is 2.31. The Hall–Kier alpha value is 0.624. The van der Waals surface area contributed by atoms with Gasteiger partial charge in [0.15, 0.2) is 0 Å². The minimum atomic E-state index is -1.54. The highest BCUT2D eigenvalue weighted by molar-refractivity contribution is 8.24. The average Bonchev–Trinajstić information content (AvgIpc) is 2.75. The molecular weight excluding hydrogens is 282 g/mol. The van der Waals surface area contributed by atoms with Crippen LogP contribution in [0.3, 0.4) is 0 Å². The third kappa shape index (κ3) is 4.62. The predicted octanol–water partition coefficient (Wildman–Crippen LogP) is 2.20. The zero-order chi connectivity index (χ0) is 13.6. The van der Waals surface area contributed by atoms with E-state index in [0.29, 0.717) is 5.25 Å². The summed E-state index contributed by atoms with van der Waals surface area (Å²) in [6, 6.07) is 1.27. The Kier molecular flexibility index (Phi) is 7.44. The molecule has 0 saturated carbocycles. The highest BCUT2D eigenvalue weighted by Crippen LogP contribution is 2.27. The highest BCUT2D eigenvalue weighted by atomic mass is 32.4. The monoisotopic (exact) mass is 308 g/mol. The molecule has 0 aromatic heterocycles. The van der Waals surface area contributed by atoms with Crippen LogP contribution in [0, 0.1) is 0 Å². The van der Waals surface area contributed by atoms with Gasteiger partial charge in [0.05, 0.1) is 0 Å². The molecule has 1 fully saturated rings. The van der Waals surface area contributed by atoms with Crippen molar-refractivity contribution in [3.05, 3.63) is 0 Å². The molecular formula is C11H26NO3SSi2. The lowest BCUT2D eigenvalue weighted by atomic mass is 10.3. The standard InChI is InChI=1S/C11H26NO3SSi2/c1-11(16-17(13-2)14-3)7-9-12-8-6-10-18(12,5)15-4/h11H,6-10H2,1-5H3. The van der Waals surface area contributed by atoms with Crippen LogP contribution >= 0.6 is 11.2 Å². The van der Waals surface area contributed by atoms with E-state index >= 15 is 0 Å². The maximum absolute atomic E-state index is 5.78. The van der Waals surface area contributed by atoms with Crippen molar-refractivity contribution in [3.8, 4) is 0 Å². The molecule has 0 N–H and O–H groups in total. The maximum Gasteiger partial charge on any atom is 0.463 e. The van der Waals surface area contributed by atoms with Crippen LogP contribution in [0.5, 0.6) is 0 Å². The molecule has 0 aromatic rings. The summed E-state index contributed by atoms with van der Waals surface area (Å²) in [5.41, 5.74) is 0. The second-order valence-electron chi connectivity index (χ2n) is 4.85. The third-order valence-corrected chi connectivity index (χ3v) is 11.8. The smallest absolute Gasteiger partial charge is 0.406 e. The molecule has 1 rings (SSSR count). The first-order valence-corrected chi connectivity index (χ1v) is 12.0. The maximum atomic E-state index is 5.78. The van der Waals surface area contributed by atoms with E-state index in [2.05, 4.69) is 18.0 Å². The molecule has 0 spiro atoms. The van der Waals surface area contributed by atoms with Crippen molar-refractivity contribution < 1.29 is 13.3 Å². The average molecular weight is 309 g/mol. The normalized spacial score (nSPS) is 27.0. The summed E-state index contributed by atoms with van der Waals surface area (Å²) in [5.74, 6) is 0. The van der Waals surface area contributed by atoms with Crippen LogP contribution < -0.4 is 0 Å². The van der Waals surface area contributed by atoms with Crippen LogP contribution in [-0.2, 0) is 13.3 Å². The van der Waals surface area contributed by atoms with Gasteiger partial charge in [-0.3, -0.25) is 0 Å². The Labute approximate surface area is 118 Å². The summed E-state index contributed by atoms with van der Waals surface area (Å²) in [7, 11) is 2.67. The van der Waals surface area contributed by atoms with Crippen LogP contribution in [0.15, 0.2) is 0 Å². The Morgan fingerprint density at radius 1 is 1.33 bits per heavy atom. The second kappa shape index (κ2) is 8.03. The fraction of sp³-hybridized carbons (Fsp3) is 1.00. The van der Waals surface area contributed by atoms with Crippen molar-refractivity contribution in [2.75, 3.05) is 34.4 Å². The molecule has 2 atom stereocenters. The van der Waals surface area contributed by atoms with Crippen molar-refractivity contribution in [3.63, 3.8) is 0 Å². The minimum absolute atomic E-state index is 0.578. The lowest BCUT2D eigenvalue weighted by Gasteiger charge is -2.31. The van der Waals surface area contributed by atoms with Crippen LogP contribution in [0.2, 0.25) is 12.6 Å². The summed E-state index contributed by atoms with van der Waals surface area (Å²) in [4.78, 5) is 0. The molecule has 7 heteroatoms. The van der Waals surface area contributed by atoms with Crippen LogP contribution in [0.25, 0.3) is 0 Å². The number of rotatable bonds is 8. The first-order valence-electron chi connectivity index (χ1n) is 6.47. The molecule has 0 aromatic carbocycles. The van der Waals surface area contributed by atoms with Gasteiger partial charge in [-0.15, -0.1) is 11.2 Å². The van der Waals surface area contributed by atoms with E-state index in [0.717, 1.165) is 6.54 Å². The molecule has 107 valence electrons. The quantitative estimate of drug-likeness (QED) is 0.642. The van der Waals surface area contributed by atoms with E-state index in [1.165, 1.54) is 25.4 Å². The molecule has 1 heterocycles. The van der Waals surface area contributed by atoms with E-state index in [1.807, 2.05) is 18.3 Å². The molecule has 2 unspecified atom stereocenters. The lowest BCUT2D eigenvalue weighted by molar-refractivity contribution is 0.300. The van der Waals surface area contributed by atoms with Crippen molar-refractivity contribution in [2.24, 2.45) is 0 Å². The SMILES string of the molecule is CO[Si](OC)SC(C)CCN1CCC[Si]1(C)OC. The van der Waals surface area contributed by atoms with Gasteiger partial charge in [0, 0.05) is 26.6 Å². The predicted molar refractivity (Wildman–Crippen MR) is 81.1 cm³/mol. The summed E-state index contributed by atoms with van der Waals surface area (Å²) in [6.45, 7) is 6.94. The second-order valence-corrected chi connectivity index (χ2v) is 12.8. The molecule has 0 amide bonds. The van der Waals surface area contributed by atoms with Crippen LogP contribution in [-0.4, -0.2) is 61.1 Å². The number of hydrogen-bond acceptors (Lipinski definition) is 5. The Morgan fingerprint density at radius 2 is 2.00 bits per heavy atom. The minimum Gasteiger partial charge on any atom is -0.406 e. The molecule has 0 bridgehead atoms. The van der Waals surface area contributed by atoms with Crippen molar-refractivity contribution >= 4 is 28.1 Å². The van der Waals surface area contributed by atoms with E-state index in [4.69, 9.17) is 13.3 Å². The fourth-order valence-corrected chi connectivity index (χ4v) is 7.97. The largest absolute Gasteiger partial charge is 0.463 e. The summed E-state index contributed by atoms with van der Waals surface area (Å²) >= 11 is 1.84. The zero-order valence-corrected chi connectivity index (χ0v) is 15.0. The van der Waals surface area contributed by atoms with Crippen molar-refractivity contribution in [2.45, 2.75) is 37.6 Å². The Morgan fingerprint density at radius 3 is 2.56 bits per heavy atom. The van der Waals surface area contributed by atoms with Gasteiger partial charge in [0.2, 0.25) is 0 Å². The highest BCUT2D eigenvalue weighted by Gasteiger charge is 2.40. The van der Waals surface area contributed by atoms with Gasteiger partial charge in [-0.05, 0) is 38.5 Å². The molecule has 1 radical (unpaired) electrons. The zero-order valence-electron chi connectivity index (χ0n) is 12.2. The van der Waals surface area contributed by atoms with Gasteiger partial charge < -0.3 is 17.8 Å². The van der Waals surface area contributed by atoms with Gasteiger partial charge in [-0.25, -0.2) is 0 Å². The first kappa shape index (κ1) is 16.7. The Bertz CT molecular complexity index is 246. The topological polar surface area (TPSA) is 30.9 Å². The summed E-state index contributed by atoms with van der Waals surface area (Å²) < 4.78 is 19.0. The lowest BCUT2D eigenvalue weighted by Crippen LogP contribution is -2.48. The first-order chi connectivity index (χ1) is 8.55. The Balaban J connectivity index is 2.31.